The van der Waals surface area contributed by atoms with Crippen molar-refractivity contribution >= 4 is 22.9 Å². The summed E-state index contributed by atoms with van der Waals surface area (Å²) >= 11 is 0. The summed E-state index contributed by atoms with van der Waals surface area (Å²) in [4.78, 5) is 49.6. The summed E-state index contributed by atoms with van der Waals surface area (Å²) in [6, 6.07) is 13.3. The number of amides is 1. The first-order valence-corrected chi connectivity index (χ1v) is 9.13. The first-order chi connectivity index (χ1) is 13.8. The predicted molar refractivity (Wildman–Crippen MR) is 108 cm³/mol. The van der Waals surface area contributed by atoms with E-state index in [1.807, 2.05) is 30.3 Å². The van der Waals surface area contributed by atoms with Gasteiger partial charge < -0.3 is 20.0 Å². The van der Waals surface area contributed by atoms with Crippen LogP contribution in [0.3, 0.4) is 0 Å². The molecule has 29 heavy (non-hydrogen) atoms. The lowest BCUT2D eigenvalue weighted by molar-refractivity contribution is -0.141. The van der Waals surface area contributed by atoms with Crippen LogP contribution in [0.1, 0.15) is 17.5 Å². The van der Waals surface area contributed by atoms with Gasteiger partial charge in [-0.3, -0.25) is 14.4 Å². The van der Waals surface area contributed by atoms with Gasteiger partial charge in [0.15, 0.2) is 0 Å². The highest BCUT2D eigenvalue weighted by Crippen LogP contribution is 2.12. The number of carboxylic acids is 1. The van der Waals surface area contributed by atoms with E-state index in [0.717, 1.165) is 11.1 Å². The Hall–Kier alpha value is -3.68. The molecule has 8 nitrogen and oxygen atoms in total. The van der Waals surface area contributed by atoms with Gasteiger partial charge in [0.1, 0.15) is 6.04 Å². The van der Waals surface area contributed by atoms with Gasteiger partial charge in [0.05, 0.1) is 11.0 Å². The molecule has 0 spiro atoms. The first-order valence-electron chi connectivity index (χ1n) is 9.13. The van der Waals surface area contributed by atoms with Gasteiger partial charge in [0, 0.05) is 19.9 Å². The molecule has 0 aliphatic rings. The largest absolute Gasteiger partial charge is 0.480 e. The Balaban J connectivity index is 1.66. The van der Waals surface area contributed by atoms with Crippen LogP contribution in [0.25, 0.3) is 11.0 Å². The standard InChI is InChI=1S/C21H21N3O5/c1-24-17-9-7-14(11-15(17)23-19(26)20(24)27)8-10-18(25)22-16(21(28)29)12-13-5-3-2-4-6-13/h2-7,9,11,16H,8,10,12H2,1H3,(H,22,25)(H,23,26)(H,28,29). The molecule has 0 aliphatic heterocycles. The van der Waals surface area contributed by atoms with Crippen molar-refractivity contribution in [2.24, 2.45) is 7.05 Å². The van der Waals surface area contributed by atoms with E-state index in [-0.39, 0.29) is 18.7 Å². The van der Waals surface area contributed by atoms with Gasteiger partial charge in [0.2, 0.25) is 5.91 Å². The Kier molecular flexibility index (Phi) is 5.92. The number of hydrogen-bond acceptors (Lipinski definition) is 4. The molecule has 0 bridgehead atoms. The highest BCUT2D eigenvalue weighted by molar-refractivity contribution is 5.84. The molecule has 150 valence electrons. The molecule has 8 heteroatoms. The van der Waals surface area contributed by atoms with Crippen LogP contribution >= 0.6 is 0 Å². The number of benzene rings is 2. The third-order valence-corrected chi connectivity index (χ3v) is 4.73. The second-order valence-electron chi connectivity index (χ2n) is 6.82. The molecule has 0 saturated carbocycles. The second-order valence-corrected chi connectivity index (χ2v) is 6.82. The van der Waals surface area contributed by atoms with Gasteiger partial charge in [-0.15, -0.1) is 0 Å². The number of carbonyl (C=O) groups excluding carboxylic acids is 1. The molecule has 0 aliphatic carbocycles. The summed E-state index contributed by atoms with van der Waals surface area (Å²) in [5.74, 6) is -1.46. The van der Waals surface area contributed by atoms with Crippen LogP contribution in [0.5, 0.6) is 0 Å². The van der Waals surface area contributed by atoms with Crippen molar-refractivity contribution in [1.29, 1.82) is 0 Å². The Morgan fingerprint density at radius 2 is 1.83 bits per heavy atom. The zero-order valence-electron chi connectivity index (χ0n) is 15.8. The number of nitrogens with zero attached hydrogens (tertiary/aromatic N) is 1. The fourth-order valence-corrected chi connectivity index (χ4v) is 3.14. The molecular weight excluding hydrogens is 374 g/mol. The predicted octanol–water partition coefficient (Wildman–Crippen LogP) is 0.972. The van der Waals surface area contributed by atoms with Crippen LogP contribution in [-0.2, 0) is 29.5 Å². The number of carbonyl (C=O) groups is 2. The Morgan fingerprint density at radius 1 is 1.10 bits per heavy atom. The fraction of sp³-hybridized carbons (Fsp3) is 0.238. The lowest BCUT2D eigenvalue weighted by Crippen LogP contribution is -2.42. The lowest BCUT2D eigenvalue weighted by Gasteiger charge is -2.15. The summed E-state index contributed by atoms with van der Waals surface area (Å²) in [6.45, 7) is 0. The van der Waals surface area contributed by atoms with Crippen LogP contribution in [0, 0.1) is 0 Å². The molecule has 3 aromatic rings. The number of aliphatic carboxylic acids is 1. The van der Waals surface area contributed by atoms with Crippen molar-refractivity contribution in [2.45, 2.75) is 25.3 Å². The molecule has 1 unspecified atom stereocenters. The quantitative estimate of drug-likeness (QED) is 0.515. The topological polar surface area (TPSA) is 121 Å². The number of H-pyrrole nitrogens is 1. The van der Waals surface area contributed by atoms with Crippen molar-refractivity contribution in [3.63, 3.8) is 0 Å². The summed E-state index contributed by atoms with van der Waals surface area (Å²) in [5.41, 5.74) is 1.35. The fourth-order valence-electron chi connectivity index (χ4n) is 3.14. The van der Waals surface area contributed by atoms with Crippen LogP contribution in [-0.4, -0.2) is 32.6 Å². The Bertz CT molecular complexity index is 1160. The van der Waals surface area contributed by atoms with E-state index in [2.05, 4.69) is 10.3 Å². The number of aryl methyl sites for hydroxylation is 2. The molecule has 0 radical (unpaired) electrons. The average molecular weight is 395 g/mol. The van der Waals surface area contributed by atoms with Gasteiger partial charge >= 0.3 is 17.1 Å². The summed E-state index contributed by atoms with van der Waals surface area (Å²) in [5, 5.41) is 11.9. The van der Waals surface area contributed by atoms with Crippen molar-refractivity contribution in [3.05, 3.63) is 80.4 Å². The zero-order valence-corrected chi connectivity index (χ0v) is 15.8. The van der Waals surface area contributed by atoms with Crippen molar-refractivity contribution in [1.82, 2.24) is 14.9 Å². The monoisotopic (exact) mass is 395 g/mol. The molecule has 3 N–H and O–H groups in total. The third-order valence-electron chi connectivity index (χ3n) is 4.73. The number of aromatic nitrogens is 2. The minimum atomic E-state index is -1.09. The van der Waals surface area contributed by atoms with Crippen molar-refractivity contribution in [3.8, 4) is 0 Å². The summed E-state index contributed by atoms with van der Waals surface area (Å²) < 4.78 is 1.27. The summed E-state index contributed by atoms with van der Waals surface area (Å²) in [7, 11) is 1.52. The number of nitrogens with one attached hydrogen (secondary N) is 2. The highest BCUT2D eigenvalue weighted by atomic mass is 16.4. The van der Waals surface area contributed by atoms with E-state index >= 15 is 0 Å². The minimum Gasteiger partial charge on any atom is -0.480 e. The van der Waals surface area contributed by atoms with Crippen LogP contribution in [0.15, 0.2) is 58.1 Å². The van der Waals surface area contributed by atoms with E-state index in [9.17, 15) is 24.3 Å². The molecule has 0 fully saturated rings. The number of aromatic amines is 1. The van der Waals surface area contributed by atoms with E-state index in [0.29, 0.717) is 17.5 Å². The molecule has 2 aromatic carbocycles. The summed E-state index contributed by atoms with van der Waals surface area (Å²) in [6.07, 6.45) is 0.664. The van der Waals surface area contributed by atoms with Gasteiger partial charge in [0.25, 0.3) is 0 Å². The van der Waals surface area contributed by atoms with Gasteiger partial charge in [-0.2, -0.15) is 0 Å². The SMILES string of the molecule is Cn1c(=O)c(=O)[nH]c2cc(CCC(=O)NC(Cc3ccccc3)C(=O)O)ccc21. The zero-order chi connectivity index (χ0) is 21.0. The van der Waals surface area contributed by atoms with Gasteiger partial charge in [-0.05, 0) is 29.7 Å². The van der Waals surface area contributed by atoms with Crippen molar-refractivity contribution < 1.29 is 14.7 Å². The van der Waals surface area contributed by atoms with E-state index < -0.39 is 23.1 Å². The van der Waals surface area contributed by atoms with Crippen LogP contribution in [0.4, 0.5) is 0 Å². The van der Waals surface area contributed by atoms with Crippen molar-refractivity contribution in [2.75, 3.05) is 0 Å². The number of hydrogen-bond donors (Lipinski definition) is 3. The maximum atomic E-state index is 12.3. The maximum absolute atomic E-state index is 12.3. The van der Waals surface area contributed by atoms with Crippen LogP contribution in [0.2, 0.25) is 0 Å². The normalized spacial score (nSPS) is 11.9. The number of rotatable bonds is 7. The Labute approximate surface area is 165 Å². The van der Waals surface area contributed by atoms with E-state index in [4.69, 9.17) is 0 Å². The third kappa shape index (κ3) is 4.78. The van der Waals surface area contributed by atoms with E-state index in [1.165, 1.54) is 11.6 Å². The lowest BCUT2D eigenvalue weighted by atomic mass is 10.0. The smallest absolute Gasteiger partial charge is 0.326 e. The van der Waals surface area contributed by atoms with Gasteiger partial charge in [-0.1, -0.05) is 36.4 Å². The molecule has 0 saturated heterocycles. The molecule has 1 aromatic heterocycles. The highest BCUT2D eigenvalue weighted by Gasteiger charge is 2.20. The number of fused-ring (bicyclic) bond motifs is 1. The van der Waals surface area contributed by atoms with Gasteiger partial charge in [-0.25, -0.2) is 4.79 Å². The minimum absolute atomic E-state index is 0.0973. The first kappa shape index (κ1) is 20.1. The molecule has 1 amide bonds. The number of carboxylic acid groups (broad SMARTS) is 1. The molecule has 1 atom stereocenters. The molecule has 1 heterocycles. The average Bonchev–Trinajstić information content (AvgIpc) is 2.70. The van der Waals surface area contributed by atoms with Crippen LogP contribution < -0.4 is 16.4 Å². The Morgan fingerprint density at radius 3 is 2.52 bits per heavy atom. The molecular formula is C21H21N3O5. The maximum Gasteiger partial charge on any atom is 0.326 e. The second kappa shape index (κ2) is 8.55. The molecule has 3 rings (SSSR count). The van der Waals surface area contributed by atoms with E-state index in [1.54, 1.807) is 18.2 Å².